The van der Waals surface area contributed by atoms with E-state index in [1.807, 2.05) is 55.5 Å². The second-order valence-electron chi connectivity index (χ2n) is 7.47. The van der Waals surface area contributed by atoms with Gasteiger partial charge >= 0.3 is 0 Å². The van der Waals surface area contributed by atoms with Gasteiger partial charge in [0.2, 0.25) is 0 Å². The summed E-state index contributed by atoms with van der Waals surface area (Å²) < 4.78 is 2.08. The van der Waals surface area contributed by atoms with Crippen molar-refractivity contribution in [3.05, 3.63) is 108 Å². The summed E-state index contributed by atoms with van der Waals surface area (Å²) in [5, 5.41) is 5.23. The van der Waals surface area contributed by atoms with Crippen LogP contribution in [0, 0.1) is 6.92 Å². The maximum Gasteiger partial charge on any atom is 0.150 e. The number of halogens is 1. The summed E-state index contributed by atoms with van der Waals surface area (Å²) in [6.07, 6.45) is 3.72. The predicted molar refractivity (Wildman–Crippen MR) is 128 cm³/mol. The Morgan fingerprint density at radius 1 is 0.903 bits per heavy atom. The number of aryl methyl sites for hydroxylation is 1. The van der Waals surface area contributed by atoms with E-state index in [0.29, 0.717) is 6.54 Å². The van der Waals surface area contributed by atoms with Crippen LogP contribution in [-0.2, 0) is 6.54 Å². The van der Waals surface area contributed by atoms with Gasteiger partial charge in [-0.05, 0) is 35.7 Å². The molecule has 3 aromatic carbocycles. The lowest BCUT2D eigenvalue weighted by atomic mass is 10.1. The van der Waals surface area contributed by atoms with Crippen LogP contribution < -0.4 is 5.32 Å². The van der Waals surface area contributed by atoms with Crippen LogP contribution in [0.15, 0.2) is 91.4 Å². The minimum absolute atomic E-state index is 0.683. The van der Waals surface area contributed by atoms with Gasteiger partial charge in [-0.25, -0.2) is 9.97 Å². The van der Waals surface area contributed by atoms with Crippen LogP contribution in [0.2, 0.25) is 5.02 Å². The average Bonchev–Trinajstić information content (AvgIpc) is 3.21. The zero-order valence-corrected chi connectivity index (χ0v) is 17.8. The summed E-state index contributed by atoms with van der Waals surface area (Å²) >= 11 is 6.43. The van der Waals surface area contributed by atoms with E-state index in [9.17, 15) is 0 Å². The van der Waals surface area contributed by atoms with E-state index in [4.69, 9.17) is 11.6 Å². The number of nitrogens with one attached hydrogen (secondary N) is 1. The molecule has 5 heteroatoms. The highest BCUT2D eigenvalue weighted by atomic mass is 35.5. The van der Waals surface area contributed by atoms with Gasteiger partial charge in [-0.1, -0.05) is 78.3 Å². The number of benzene rings is 3. The topological polar surface area (TPSA) is 42.7 Å². The van der Waals surface area contributed by atoms with Gasteiger partial charge in [0, 0.05) is 29.0 Å². The van der Waals surface area contributed by atoms with E-state index in [2.05, 4.69) is 56.4 Å². The molecule has 0 radical (unpaired) electrons. The van der Waals surface area contributed by atoms with E-state index in [0.717, 1.165) is 44.3 Å². The summed E-state index contributed by atoms with van der Waals surface area (Å²) in [4.78, 5) is 9.23. The van der Waals surface area contributed by atoms with Gasteiger partial charge in [0.15, 0.2) is 5.65 Å². The highest BCUT2D eigenvalue weighted by molar-refractivity contribution is 6.31. The number of fused-ring (bicyclic) bond motifs is 1. The molecule has 0 atom stereocenters. The number of aromatic nitrogens is 3. The van der Waals surface area contributed by atoms with E-state index in [1.165, 1.54) is 5.56 Å². The van der Waals surface area contributed by atoms with Crippen LogP contribution in [0.1, 0.15) is 11.1 Å². The molecular weight excluding hydrogens is 404 g/mol. The monoisotopic (exact) mass is 424 g/mol. The Balaban J connectivity index is 1.68. The average molecular weight is 425 g/mol. The molecule has 0 amide bonds. The summed E-state index contributed by atoms with van der Waals surface area (Å²) in [5.41, 5.74) is 6.23. The molecule has 0 aliphatic heterocycles. The Labute approximate surface area is 186 Å². The van der Waals surface area contributed by atoms with E-state index < -0.39 is 0 Å². The Hall–Kier alpha value is -3.63. The lowest BCUT2D eigenvalue weighted by Crippen LogP contribution is -2.03. The highest BCUT2D eigenvalue weighted by Gasteiger charge is 2.17. The third-order valence-electron chi connectivity index (χ3n) is 5.40. The molecule has 4 nitrogen and oxygen atoms in total. The van der Waals surface area contributed by atoms with Gasteiger partial charge < -0.3 is 9.88 Å². The molecule has 152 valence electrons. The number of nitrogens with zero attached hydrogens (tertiary/aromatic N) is 3. The molecule has 0 aliphatic carbocycles. The minimum Gasteiger partial charge on any atom is -0.365 e. The summed E-state index contributed by atoms with van der Waals surface area (Å²) in [6.45, 7) is 2.69. The van der Waals surface area contributed by atoms with Gasteiger partial charge in [-0.15, -0.1) is 0 Å². The molecule has 1 N–H and O–H groups in total. The van der Waals surface area contributed by atoms with Gasteiger partial charge in [0.1, 0.15) is 12.1 Å². The third-order valence-corrected chi connectivity index (χ3v) is 5.81. The van der Waals surface area contributed by atoms with Crippen molar-refractivity contribution in [2.75, 3.05) is 5.32 Å². The van der Waals surface area contributed by atoms with E-state index in [1.54, 1.807) is 6.33 Å². The van der Waals surface area contributed by atoms with Crippen LogP contribution in [0.25, 0.3) is 27.8 Å². The molecule has 0 saturated heterocycles. The van der Waals surface area contributed by atoms with Gasteiger partial charge in [-0.3, -0.25) is 0 Å². The fourth-order valence-corrected chi connectivity index (χ4v) is 3.92. The van der Waals surface area contributed by atoms with Crippen LogP contribution in [-0.4, -0.2) is 14.5 Å². The molecule has 0 saturated carbocycles. The number of hydrogen-bond donors (Lipinski definition) is 1. The molecule has 0 unspecified atom stereocenters. The van der Waals surface area contributed by atoms with Crippen molar-refractivity contribution in [2.24, 2.45) is 0 Å². The molecule has 2 aromatic heterocycles. The molecule has 5 aromatic rings. The fraction of sp³-hybridized carbons (Fsp3) is 0.0769. The van der Waals surface area contributed by atoms with Crippen LogP contribution in [0.5, 0.6) is 0 Å². The second-order valence-corrected chi connectivity index (χ2v) is 7.88. The Morgan fingerprint density at radius 3 is 2.39 bits per heavy atom. The number of hydrogen-bond acceptors (Lipinski definition) is 3. The zero-order valence-electron chi connectivity index (χ0n) is 17.1. The first-order valence-electron chi connectivity index (χ1n) is 10.2. The molecule has 0 fully saturated rings. The molecular formula is C26H21ClN4. The molecule has 31 heavy (non-hydrogen) atoms. The first-order chi connectivity index (χ1) is 15.2. The molecule has 0 aliphatic rings. The maximum atomic E-state index is 6.43. The van der Waals surface area contributed by atoms with E-state index >= 15 is 0 Å². The standard InChI is InChI=1S/C26H21ClN4/c1-18-12-13-21(14-23(18)27)31-16-22(20-10-6-3-7-11-20)24-25(29-17-30-26(24)31)28-15-19-8-4-2-5-9-19/h2-14,16-17H,15H2,1H3,(H,28,29,30). The van der Waals surface area contributed by atoms with Crippen molar-refractivity contribution >= 4 is 28.5 Å². The molecule has 0 spiro atoms. The van der Waals surface area contributed by atoms with Crippen molar-refractivity contribution in [3.63, 3.8) is 0 Å². The third kappa shape index (κ3) is 3.78. The van der Waals surface area contributed by atoms with Crippen molar-refractivity contribution < 1.29 is 0 Å². The molecule has 2 heterocycles. The fourth-order valence-electron chi connectivity index (χ4n) is 3.74. The zero-order chi connectivity index (χ0) is 21.2. The second kappa shape index (κ2) is 8.25. The smallest absolute Gasteiger partial charge is 0.150 e. The first kappa shape index (κ1) is 19.3. The van der Waals surface area contributed by atoms with Gasteiger partial charge in [0.25, 0.3) is 0 Å². The van der Waals surface area contributed by atoms with Crippen LogP contribution in [0.3, 0.4) is 0 Å². The molecule has 5 rings (SSSR count). The number of rotatable bonds is 5. The van der Waals surface area contributed by atoms with Crippen molar-refractivity contribution in [1.29, 1.82) is 0 Å². The summed E-state index contributed by atoms with van der Waals surface area (Å²) in [6, 6.07) is 26.7. The van der Waals surface area contributed by atoms with E-state index in [-0.39, 0.29) is 0 Å². The lowest BCUT2D eigenvalue weighted by Gasteiger charge is -2.09. The Kier molecular flexibility index (Phi) is 5.14. The molecule has 0 bridgehead atoms. The quantitative estimate of drug-likeness (QED) is 0.343. The van der Waals surface area contributed by atoms with Crippen molar-refractivity contribution in [2.45, 2.75) is 13.5 Å². The van der Waals surface area contributed by atoms with Crippen LogP contribution >= 0.6 is 11.6 Å². The van der Waals surface area contributed by atoms with Crippen molar-refractivity contribution in [3.8, 4) is 16.8 Å². The van der Waals surface area contributed by atoms with Crippen LogP contribution in [0.4, 0.5) is 5.82 Å². The Bertz CT molecular complexity index is 1340. The summed E-state index contributed by atoms with van der Waals surface area (Å²) in [5.74, 6) is 0.810. The predicted octanol–water partition coefficient (Wildman–Crippen LogP) is 6.66. The number of anilines is 1. The maximum absolute atomic E-state index is 6.43. The van der Waals surface area contributed by atoms with Crippen molar-refractivity contribution in [1.82, 2.24) is 14.5 Å². The highest BCUT2D eigenvalue weighted by Crippen LogP contribution is 2.36. The van der Waals surface area contributed by atoms with Gasteiger partial charge in [-0.2, -0.15) is 0 Å². The summed E-state index contributed by atoms with van der Waals surface area (Å²) in [7, 11) is 0. The largest absolute Gasteiger partial charge is 0.365 e. The SMILES string of the molecule is Cc1ccc(-n2cc(-c3ccccc3)c3c(NCc4ccccc4)ncnc32)cc1Cl. The normalized spacial score (nSPS) is 11.0. The first-order valence-corrected chi connectivity index (χ1v) is 10.5. The Morgan fingerprint density at radius 2 is 1.65 bits per heavy atom. The van der Waals surface area contributed by atoms with Gasteiger partial charge in [0.05, 0.1) is 5.39 Å². The lowest BCUT2D eigenvalue weighted by molar-refractivity contribution is 1.06. The minimum atomic E-state index is 0.683.